The lowest BCUT2D eigenvalue weighted by Gasteiger charge is -2.31. The third kappa shape index (κ3) is 4.56. The van der Waals surface area contributed by atoms with Crippen LogP contribution in [0.4, 0.5) is 0 Å². The fourth-order valence-corrected chi connectivity index (χ4v) is 7.39. The first-order valence-electron chi connectivity index (χ1n) is 15.2. The molecule has 2 aliphatic carbocycles. The summed E-state index contributed by atoms with van der Waals surface area (Å²) in [5, 5.41) is 10.9. The summed E-state index contributed by atoms with van der Waals surface area (Å²) in [5.41, 5.74) is 10.6. The summed E-state index contributed by atoms with van der Waals surface area (Å²) < 4.78 is 4.63. The Morgan fingerprint density at radius 3 is 1.85 bits per heavy atom. The van der Waals surface area contributed by atoms with E-state index < -0.39 is 0 Å². The fourth-order valence-electron chi connectivity index (χ4n) is 7.39. The van der Waals surface area contributed by atoms with E-state index in [0.717, 1.165) is 5.69 Å². The van der Waals surface area contributed by atoms with Crippen molar-refractivity contribution in [1.29, 1.82) is 0 Å². The van der Waals surface area contributed by atoms with Gasteiger partial charge in [-0.05, 0) is 49.4 Å². The fraction of sp³-hybridized carbons (Fsp3) is 0.486. The molecule has 4 nitrogen and oxygen atoms in total. The van der Waals surface area contributed by atoms with Gasteiger partial charge >= 0.3 is 0 Å². The normalized spacial score (nSPS) is 22.8. The summed E-state index contributed by atoms with van der Waals surface area (Å²) in [6, 6.07) is 21.7. The Labute approximate surface area is 234 Å². The average Bonchev–Trinajstić information content (AvgIpc) is 3.50. The summed E-state index contributed by atoms with van der Waals surface area (Å²) in [4.78, 5) is 0. The molecule has 0 amide bonds. The molecule has 4 aromatic rings. The molecule has 0 fully saturated rings. The third-order valence-corrected chi connectivity index (χ3v) is 9.53. The molecule has 2 aliphatic rings. The molecule has 0 aliphatic heterocycles. The van der Waals surface area contributed by atoms with Crippen molar-refractivity contribution in [3.63, 3.8) is 0 Å². The van der Waals surface area contributed by atoms with Crippen molar-refractivity contribution in [3.8, 4) is 22.5 Å². The summed E-state index contributed by atoms with van der Waals surface area (Å²) in [7, 11) is 0. The van der Waals surface area contributed by atoms with Crippen LogP contribution in [0.1, 0.15) is 113 Å². The Morgan fingerprint density at radius 1 is 0.667 bits per heavy atom. The summed E-state index contributed by atoms with van der Waals surface area (Å²) >= 11 is 0. The second-order valence-corrected chi connectivity index (χ2v) is 12.8. The van der Waals surface area contributed by atoms with E-state index >= 15 is 0 Å². The van der Waals surface area contributed by atoms with E-state index in [2.05, 4.69) is 112 Å². The predicted octanol–water partition coefficient (Wildman–Crippen LogP) is 9.19. The molecule has 4 atom stereocenters. The van der Waals surface area contributed by atoms with Crippen molar-refractivity contribution in [2.75, 3.05) is 0 Å². The van der Waals surface area contributed by atoms with Gasteiger partial charge in [-0.3, -0.25) is 0 Å². The molecule has 0 saturated heterocycles. The number of hydrogen-bond acceptors (Lipinski definition) is 2. The Hall–Kier alpha value is -3.14. The SMILES string of the molecule is CC(C)[C@H]1CC[C@@H](C)c2c1nn(Cn1nc(-c3ccccc3)c3c1[C@@H](C(C)C)CC[C@H]3C)c2-c1ccccc1. The van der Waals surface area contributed by atoms with Crippen LogP contribution >= 0.6 is 0 Å². The van der Waals surface area contributed by atoms with E-state index in [4.69, 9.17) is 10.2 Å². The number of benzene rings is 2. The van der Waals surface area contributed by atoms with Gasteiger partial charge in [0.2, 0.25) is 0 Å². The molecule has 0 unspecified atom stereocenters. The minimum absolute atomic E-state index is 0.503. The number of rotatable bonds is 6. The molecule has 6 rings (SSSR count). The zero-order chi connectivity index (χ0) is 27.3. The topological polar surface area (TPSA) is 35.6 Å². The molecule has 2 heterocycles. The van der Waals surface area contributed by atoms with Gasteiger partial charge in [0.15, 0.2) is 0 Å². The Kier molecular flexibility index (Phi) is 6.99. The van der Waals surface area contributed by atoms with Crippen molar-refractivity contribution >= 4 is 0 Å². The van der Waals surface area contributed by atoms with Crippen molar-refractivity contribution in [2.45, 2.75) is 97.6 Å². The van der Waals surface area contributed by atoms with Gasteiger partial charge in [-0.25, -0.2) is 9.36 Å². The lowest BCUT2D eigenvalue weighted by molar-refractivity contribution is 0.367. The molecule has 2 aromatic carbocycles. The van der Waals surface area contributed by atoms with Gasteiger partial charge < -0.3 is 0 Å². The monoisotopic (exact) mass is 520 g/mol. The Bertz CT molecular complexity index is 1430. The highest BCUT2D eigenvalue weighted by Crippen LogP contribution is 2.48. The quantitative estimate of drug-likeness (QED) is 0.254. The molecule has 0 N–H and O–H groups in total. The maximum Gasteiger partial charge on any atom is 0.134 e. The summed E-state index contributed by atoms with van der Waals surface area (Å²) in [6.45, 7) is 14.9. The highest BCUT2D eigenvalue weighted by Gasteiger charge is 2.37. The van der Waals surface area contributed by atoms with E-state index in [1.807, 2.05) is 0 Å². The zero-order valence-electron chi connectivity index (χ0n) is 24.6. The van der Waals surface area contributed by atoms with Gasteiger partial charge in [0.05, 0.1) is 17.1 Å². The van der Waals surface area contributed by atoms with Crippen LogP contribution in [0.25, 0.3) is 22.5 Å². The number of nitrogens with zero attached hydrogens (tertiary/aromatic N) is 4. The van der Waals surface area contributed by atoms with Gasteiger partial charge in [0.25, 0.3) is 0 Å². The third-order valence-electron chi connectivity index (χ3n) is 9.53. The lowest BCUT2D eigenvalue weighted by Crippen LogP contribution is -2.23. The molecular formula is C35H44N4. The minimum Gasteiger partial charge on any atom is -0.247 e. The molecule has 4 heteroatoms. The highest BCUT2D eigenvalue weighted by atomic mass is 15.4. The largest absolute Gasteiger partial charge is 0.247 e. The van der Waals surface area contributed by atoms with Gasteiger partial charge in [0, 0.05) is 39.8 Å². The van der Waals surface area contributed by atoms with E-state index in [1.165, 1.54) is 65.0 Å². The van der Waals surface area contributed by atoms with Gasteiger partial charge in [0.1, 0.15) is 6.67 Å². The molecule has 204 valence electrons. The molecule has 0 saturated carbocycles. The van der Waals surface area contributed by atoms with Crippen molar-refractivity contribution in [3.05, 3.63) is 83.2 Å². The van der Waals surface area contributed by atoms with Crippen LogP contribution in [-0.2, 0) is 6.67 Å². The van der Waals surface area contributed by atoms with Gasteiger partial charge in [-0.2, -0.15) is 10.2 Å². The number of aromatic nitrogens is 4. The van der Waals surface area contributed by atoms with Crippen LogP contribution < -0.4 is 0 Å². The predicted molar refractivity (Wildman–Crippen MR) is 161 cm³/mol. The highest BCUT2D eigenvalue weighted by molar-refractivity contribution is 5.67. The van der Waals surface area contributed by atoms with E-state index in [0.29, 0.717) is 42.2 Å². The summed E-state index contributed by atoms with van der Waals surface area (Å²) in [5.74, 6) is 3.18. The van der Waals surface area contributed by atoms with Crippen molar-refractivity contribution in [2.24, 2.45) is 11.8 Å². The van der Waals surface area contributed by atoms with Crippen LogP contribution in [0.5, 0.6) is 0 Å². The van der Waals surface area contributed by atoms with E-state index in [-0.39, 0.29) is 0 Å². The van der Waals surface area contributed by atoms with Crippen LogP contribution in [0.3, 0.4) is 0 Å². The second-order valence-electron chi connectivity index (χ2n) is 12.8. The minimum atomic E-state index is 0.503. The number of hydrogen-bond donors (Lipinski definition) is 0. The molecule has 0 spiro atoms. The maximum atomic E-state index is 5.45. The van der Waals surface area contributed by atoms with Gasteiger partial charge in [-0.1, -0.05) is 102 Å². The second kappa shape index (κ2) is 10.4. The molecular weight excluding hydrogens is 476 g/mol. The first-order chi connectivity index (χ1) is 18.8. The standard InChI is InChI=1S/C35H44N4/c1-22(2)28-19-17-25(6)31-33(28)37-38(34(31)27-15-11-8-12-16-27)21-39-35-29(23(3)4)20-18-24(5)30(35)32(36-39)26-13-9-7-10-14-26/h7-16,22-25,28-29H,17-21H2,1-6H3/t24-,25-,28-,29-/m1/s1. The van der Waals surface area contributed by atoms with Gasteiger partial charge in [-0.15, -0.1) is 0 Å². The lowest BCUT2D eigenvalue weighted by atomic mass is 9.75. The molecule has 39 heavy (non-hydrogen) atoms. The van der Waals surface area contributed by atoms with Crippen LogP contribution in [-0.4, -0.2) is 19.6 Å². The van der Waals surface area contributed by atoms with E-state index in [9.17, 15) is 0 Å². The molecule has 2 aromatic heterocycles. The van der Waals surface area contributed by atoms with Crippen LogP contribution in [0.2, 0.25) is 0 Å². The zero-order valence-corrected chi connectivity index (χ0v) is 24.6. The summed E-state index contributed by atoms with van der Waals surface area (Å²) in [6.07, 6.45) is 4.89. The van der Waals surface area contributed by atoms with Crippen LogP contribution in [0, 0.1) is 11.8 Å². The number of fused-ring (bicyclic) bond motifs is 2. The smallest absolute Gasteiger partial charge is 0.134 e. The van der Waals surface area contributed by atoms with Crippen LogP contribution in [0.15, 0.2) is 60.7 Å². The first-order valence-corrected chi connectivity index (χ1v) is 15.2. The Balaban J connectivity index is 1.56. The first kappa shape index (κ1) is 26.1. The molecule has 0 bridgehead atoms. The molecule has 0 radical (unpaired) electrons. The maximum absolute atomic E-state index is 5.45. The van der Waals surface area contributed by atoms with E-state index in [1.54, 1.807) is 0 Å². The van der Waals surface area contributed by atoms with Crippen molar-refractivity contribution < 1.29 is 0 Å². The average molecular weight is 521 g/mol. The van der Waals surface area contributed by atoms with Crippen molar-refractivity contribution in [1.82, 2.24) is 19.6 Å². The Morgan fingerprint density at radius 2 is 1.23 bits per heavy atom.